The highest BCUT2D eigenvalue weighted by atomic mass is 31.2. The molecule has 2 atom stereocenters. The lowest BCUT2D eigenvalue weighted by Crippen LogP contribution is -2.37. The average Bonchev–Trinajstić information content (AvgIpc) is 3.32. The summed E-state index contributed by atoms with van der Waals surface area (Å²) in [6.07, 6.45) is 63.7. The van der Waals surface area contributed by atoms with Crippen molar-refractivity contribution in [3.05, 3.63) is 36.5 Å². The maximum absolute atomic E-state index is 12.8. The van der Waals surface area contributed by atoms with Gasteiger partial charge in [-0.25, -0.2) is 4.57 Å². The van der Waals surface area contributed by atoms with Crippen LogP contribution < -0.4 is 0 Å². The highest BCUT2D eigenvalue weighted by Crippen LogP contribution is 2.43. The third-order valence-electron chi connectivity index (χ3n) is 13.2. The molecule has 0 saturated heterocycles. The van der Waals surface area contributed by atoms with Crippen LogP contribution in [0.15, 0.2) is 36.5 Å². The van der Waals surface area contributed by atoms with Crippen LogP contribution in [0.3, 0.4) is 0 Å². The molecule has 0 heterocycles. The lowest BCUT2D eigenvalue weighted by atomic mass is 10.0. The van der Waals surface area contributed by atoms with E-state index in [1.807, 2.05) is 21.1 Å². The van der Waals surface area contributed by atoms with Gasteiger partial charge >= 0.3 is 19.8 Å². The Morgan fingerprint density at radius 2 is 0.771 bits per heavy atom. The zero-order valence-corrected chi connectivity index (χ0v) is 47.7. The second-order valence-electron chi connectivity index (χ2n) is 21.4. The second-order valence-corrected chi connectivity index (χ2v) is 22.8. The summed E-state index contributed by atoms with van der Waals surface area (Å²) in [7, 11) is 1.49. The third kappa shape index (κ3) is 55.5. The van der Waals surface area contributed by atoms with Crippen LogP contribution in [0.2, 0.25) is 0 Å². The fourth-order valence-electron chi connectivity index (χ4n) is 8.55. The Bertz CT molecular complexity index is 1280. The molecule has 2 unspecified atom stereocenters. The van der Waals surface area contributed by atoms with Crippen LogP contribution in [0.4, 0.5) is 0 Å². The lowest BCUT2D eigenvalue weighted by Gasteiger charge is -2.24. The predicted octanol–water partition coefficient (Wildman–Crippen LogP) is 18.4. The number of hydrogen-bond acceptors (Lipinski definition) is 7. The largest absolute Gasteiger partial charge is 0.472 e. The molecule has 0 bridgehead atoms. The first kappa shape index (κ1) is 68.2. The van der Waals surface area contributed by atoms with E-state index in [4.69, 9.17) is 18.5 Å². The van der Waals surface area contributed by atoms with Gasteiger partial charge in [-0.3, -0.25) is 18.6 Å². The fraction of sp³-hybridized carbons (Fsp3) is 0.867. The predicted molar refractivity (Wildman–Crippen MR) is 298 cm³/mol. The Labute approximate surface area is 433 Å². The van der Waals surface area contributed by atoms with E-state index in [1.165, 1.54) is 205 Å². The Morgan fingerprint density at radius 1 is 0.443 bits per heavy atom. The first-order valence-corrected chi connectivity index (χ1v) is 31.2. The van der Waals surface area contributed by atoms with Crippen molar-refractivity contribution in [1.29, 1.82) is 0 Å². The highest BCUT2D eigenvalue weighted by molar-refractivity contribution is 7.47. The van der Waals surface area contributed by atoms with Crippen LogP contribution in [0.5, 0.6) is 0 Å². The lowest BCUT2D eigenvalue weighted by molar-refractivity contribution is -0.870. The summed E-state index contributed by atoms with van der Waals surface area (Å²) in [6, 6.07) is 0. The average molecular weight is 1010 g/mol. The van der Waals surface area contributed by atoms with E-state index in [0.717, 1.165) is 44.9 Å². The number of carbonyl (C=O) groups is 2. The van der Waals surface area contributed by atoms with Crippen LogP contribution in [-0.2, 0) is 32.7 Å². The highest BCUT2D eigenvalue weighted by Gasteiger charge is 2.27. The number of hydrogen-bond donors (Lipinski definition) is 1. The summed E-state index contributed by atoms with van der Waals surface area (Å²) in [4.78, 5) is 35.6. The molecule has 0 rings (SSSR count). The van der Waals surface area contributed by atoms with Gasteiger partial charge in [0.1, 0.15) is 19.8 Å². The molecule has 1 N–H and O–H groups in total. The minimum Gasteiger partial charge on any atom is -0.462 e. The topological polar surface area (TPSA) is 108 Å². The van der Waals surface area contributed by atoms with E-state index < -0.39 is 26.5 Å². The number of nitrogens with zero attached hydrogens (tertiary/aromatic N) is 1. The Hall–Kier alpha value is -1.77. The molecule has 9 nitrogen and oxygen atoms in total. The Kier molecular flexibility index (Phi) is 50.8. The number of phosphoric ester groups is 1. The van der Waals surface area contributed by atoms with E-state index in [-0.39, 0.29) is 25.6 Å². The molecule has 0 amide bonds. The van der Waals surface area contributed by atoms with Crippen LogP contribution in [-0.4, -0.2) is 74.9 Å². The number of rotatable bonds is 55. The fourth-order valence-corrected chi connectivity index (χ4v) is 9.30. The molecule has 0 saturated carbocycles. The number of quaternary nitrogens is 1. The SMILES string of the molecule is CCCCCCC/C=C\C/C=C\C/C=C\CCCCCCCCCCCCCCCCCCCCC(=O)OC(COC(=O)CCCCCCCCCCCCCCC)COP(=O)(O)OCC[N+](C)(C)C. The first-order chi connectivity index (χ1) is 34.0. The minimum atomic E-state index is -4.38. The van der Waals surface area contributed by atoms with Crippen molar-refractivity contribution >= 4 is 19.8 Å². The quantitative estimate of drug-likeness (QED) is 0.0211. The van der Waals surface area contributed by atoms with Crippen LogP contribution in [0, 0.1) is 0 Å². The number of carbonyl (C=O) groups excluding carboxylic acids is 2. The number of allylic oxidation sites excluding steroid dienone is 6. The van der Waals surface area contributed by atoms with Crippen molar-refractivity contribution in [2.24, 2.45) is 0 Å². The summed E-state index contributed by atoms with van der Waals surface area (Å²) >= 11 is 0. The molecule has 0 aromatic rings. The molecule has 70 heavy (non-hydrogen) atoms. The van der Waals surface area contributed by atoms with E-state index in [9.17, 15) is 19.0 Å². The molecule has 0 aliphatic carbocycles. The van der Waals surface area contributed by atoms with Crippen molar-refractivity contribution in [1.82, 2.24) is 0 Å². The molecule has 10 heteroatoms. The van der Waals surface area contributed by atoms with Crippen LogP contribution in [0.25, 0.3) is 0 Å². The van der Waals surface area contributed by atoms with E-state index >= 15 is 0 Å². The third-order valence-corrected chi connectivity index (χ3v) is 14.2. The molecular weight excluding hydrogens is 894 g/mol. The number of unbranched alkanes of at least 4 members (excludes halogenated alkanes) is 35. The first-order valence-electron chi connectivity index (χ1n) is 29.7. The Morgan fingerprint density at radius 3 is 1.14 bits per heavy atom. The van der Waals surface area contributed by atoms with E-state index in [0.29, 0.717) is 23.9 Å². The molecule has 0 radical (unpaired) electrons. The zero-order chi connectivity index (χ0) is 51.3. The van der Waals surface area contributed by atoms with Gasteiger partial charge in [0, 0.05) is 12.8 Å². The standard InChI is InChI=1S/C60H114NO8P/c1-6-8-10-12-14-16-18-20-21-22-23-24-25-26-27-28-29-30-31-32-33-34-35-36-37-38-39-41-43-45-47-49-51-53-60(63)69-58(57-68-70(64,65)67-55-54-61(3,4)5)56-66-59(62)52-50-48-46-44-42-40-19-17-15-13-11-9-7-2/h18,20,22-23,25-26,58H,6-17,19,21,24,27-57H2,1-5H3/p+1/b20-18-,23-22-,26-25-. The molecule has 412 valence electrons. The van der Waals surface area contributed by atoms with Gasteiger partial charge in [-0.05, 0) is 51.4 Å². The molecule has 0 fully saturated rings. The van der Waals surface area contributed by atoms with Gasteiger partial charge in [-0.1, -0.05) is 256 Å². The van der Waals surface area contributed by atoms with Gasteiger partial charge in [-0.15, -0.1) is 0 Å². The smallest absolute Gasteiger partial charge is 0.462 e. The van der Waals surface area contributed by atoms with Gasteiger partial charge in [0.2, 0.25) is 0 Å². The van der Waals surface area contributed by atoms with E-state index in [1.54, 1.807) is 0 Å². The van der Waals surface area contributed by atoms with Crippen molar-refractivity contribution in [3.63, 3.8) is 0 Å². The minimum absolute atomic E-state index is 0.0344. The maximum Gasteiger partial charge on any atom is 0.472 e. The van der Waals surface area contributed by atoms with Gasteiger partial charge in [-0.2, -0.15) is 0 Å². The maximum atomic E-state index is 12.8. The molecular formula is C60H115NO8P+. The summed E-state index contributed by atoms with van der Waals surface area (Å²) in [5.74, 6) is -0.783. The van der Waals surface area contributed by atoms with Gasteiger partial charge in [0.25, 0.3) is 0 Å². The summed E-state index contributed by atoms with van der Waals surface area (Å²) < 4.78 is 34.5. The van der Waals surface area contributed by atoms with Gasteiger partial charge in [0.05, 0.1) is 27.7 Å². The number of ether oxygens (including phenoxy) is 2. The van der Waals surface area contributed by atoms with Gasteiger partial charge in [0.15, 0.2) is 6.10 Å². The molecule has 0 spiro atoms. The van der Waals surface area contributed by atoms with Crippen molar-refractivity contribution in [3.8, 4) is 0 Å². The molecule has 0 aromatic heterocycles. The van der Waals surface area contributed by atoms with Crippen LogP contribution >= 0.6 is 7.82 Å². The summed E-state index contributed by atoms with van der Waals surface area (Å²) in [5, 5.41) is 0. The van der Waals surface area contributed by atoms with Gasteiger partial charge < -0.3 is 18.9 Å². The zero-order valence-electron chi connectivity index (χ0n) is 46.8. The monoisotopic (exact) mass is 1010 g/mol. The normalized spacial score (nSPS) is 13.5. The number of phosphoric acid groups is 1. The van der Waals surface area contributed by atoms with Crippen molar-refractivity contribution in [2.75, 3.05) is 47.5 Å². The molecule has 0 aromatic carbocycles. The van der Waals surface area contributed by atoms with Crippen molar-refractivity contribution in [2.45, 2.75) is 290 Å². The molecule has 0 aliphatic heterocycles. The summed E-state index contributed by atoms with van der Waals surface area (Å²) in [6.45, 7) is 4.45. The molecule has 0 aliphatic rings. The van der Waals surface area contributed by atoms with Crippen LogP contribution in [0.1, 0.15) is 284 Å². The van der Waals surface area contributed by atoms with Crippen molar-refractivity contribution < 1.29 is 42.1 Å². The number of likely N-dealkylation sites (N-methyl/N-ethyl adjacent to an activating group) is 1. The Balaban J connectivity index is 3.99. The number of esters is 2. The summed E-state index contributed by atoms with van der Waals surface area (Å²) in [5.41, 5.74) is 0. The van der Waals surface area contributed by atoms with E-state index in [2.05, 4.69) is 50.3 Å². The second kappa shape index (κ2) is 52.1.